The number of hydrogen-bond acceptors (Lipinski definition) is 6. The fourth-order valence-electron chi connectivity index (χ4n) is 3.18. The van der Waals surface area contributed by atoms with E-state index >= 15 is 0 Å². The Hall–Kier alpha value is -2.39. The van der Waals surface area contributed by atoms with Crippen molar-refractivity contribution in [1.29, 1.82) is 0 Å². The number of benzene rings is 1. The van der Waals surface area contributed by atoms with Crippen molar-refractivity contribution in [2.24, 2.45) is 0 Å². The van der Waals surface area contributed by atoms with Crippen molar-refractivity contribution in [1.82, 2.24) is 14.9 Å². The van der Waals surface area contributed by atoms with E-state index in [-0.39, 0.29) is 42.1 Å². The number of rotatable bonds is 5. The molecule has 1 atom stereocenters. The maximum absolute atomic E-state index is 12.8. The molecule has 1 fully saturated rings. The zero-order valence-electron chi connectivity index (χ0n) is 14.1. The third-order valence-corrected chi connectivity index (χ3v) is 4.91. The molecule has 1 amide bonds. The third kappa shape index (κ3) is 3.32. The van der Waals surface area contributed by atoms with Crippen LogP contribution in [0.5, 0.6) is 11.5 Å². The van der Waals surface area contributed by atoms with Gasteiger partial charge in [-0.1, -0.05) is 0 Å². The van der Waals surface area contributed by atoms with Crippen molar-refractivity contribution in [3.8, 4) is 11.5 Å². The number of fused-ring (bicyclic) bond motifs is 2. The second-order valence-corrected chi connectivity index (χ2v) is 6.71. The smallest absolute Gasteiger partial charge is 0.262 e. The number of aromatic amines is 1. The first-order valence-corrected chi connectivity index (χ1v) is 8.97. The average molecular weight is 377 g/mol. The highest BCUT2D eigenvalue weighted by molar-refractivity contribution is 7.71. The van der Waals surface area contributed by atoms with Crippen LogP contribution in [0.25, 0.3) is 10.9 Å². The molecule has 8 nitrogen and oxygen atoms in total. The molecule has 138 valence electrons. The molecular formula is C17H19N3O5S. The second kappa shape index (κ2) is 7.08. The van der Waals surface area contributed by atoms with Gasteiger partial charge >= 0.3 is 0 Å². The van der Waals surface area contributed by atoms with Crippen molar-refractivity contribution >= 4 is 29.0 Å². The Labute approximate surface area is 154 Å². The lowest BCUT2D eigenvalue weighted by Gasteiger charge is -2.12. The summed E-state index contributed by atoms with van der Waals surface area (Å²) >= 11 is 5.28. The minimum absolute atomic E-state index is 0.0921. The van der Waals surface area contributed by atoms with Crippen molar-refractivity contribution in [2.75, 3.05) is 19.9 Å². The number of nitrogens with one attached hydrogen (secondary N) is 2. The van der Waals surface area contributed by atoms with Crippen LogP contribution < -0.4 is 20.3 Å². The molecule has 3 heterocycles. The molecule has 4 rings (SSSR count). The SMILES string of the molecule is O=C(CCn1c(=S)[nH]c2cc3c(cc2c1=O)OCO3)NC[C@H]1CCCO1. The number of carbonyl (C=O) groups excluding carboxylic acids is 1. The number of ether oxygens (including phenoxy) is 3. The van der Waals surface area contributed by atoms with Gasteiger partial charge in [0.1, 0.15) is 0 Å². The van der Waals surface area contributed by atoms with Gasteiger partial charge in [-0.3, -0.25) is 14.2 Å². The minimum atomic E-state index is -0.256. The van der Waals surface area contributed by atoms with E-state index < -0.39 is 0 Å². The first-order valence-electron chi connectivity index (χ1n) is 8.56. The molecule has 2 aliphatic heterocycles. The molecule has 0 unspecified atom stereocenters. The third-order valence-electron chi connectivity index (χ3n) is 4.59. The van der Waals surface area contributed by atoms with E-state index in [0.29, 0.717) is 28.9 Å². The Morgan fingerprint density at radius 1 is 1.35 bits per heavy atom. The Morgan fingerprint density at radius 3 is 2.92 bits per heavy atom. The summed E-state index contributed by atoms with van der Waals surface area (Å²) in [4.78, 5) is 27.8. The van der Waals surface area contributed by atoms with Crippen LogP contribution in [0.1, 0.15) is 19.3 Å². The fraction of sp³-hybridized carbons (Fsp3) is 0.471. The molecule has 0 aliphatic carbocycles. The average Bonchev–Trinajstić information content (AvgIpc) is 3.29. The van der Waals surface area contributed by atoms with E-state index in [1.165, 1.54) is 4.57 Å². The zero-order valence-corrected chi connectivity index (χ0v) is 14.9. The molecule has 2 aliphatic rings. The largest absolute Gasteiger partial charge is 0.454 e. The minimum Gasteiger partial charge on any atom is -0.454 e. The number of H-pyrrole nitrogens is 1. The molecule has 0 bridgehead atoms. The van der Waals surface area contributed by atoms with E-state index in [1.54, 1.807) is 12.1 Å². The van der Waals surface area contributed by atoms with E-state index in [1.807, 2.05) is 0 Å². The second-order valence-electron chi connectivity index (χ2n) is 6.33. The number of aromatic nitrogens is 2. The van der Waals surface area contributed by atoms with Crippen LogP contribution in [0, 0.1) is 4.77 Å². The van der Waals surface area contributed by atoms with Crippen LogP contribution in [0.4, 0.5) is 0 Å². The van der Waals surface area contributed by atoms with Crippen molar-refractivity contribution in [3.05, 3.63) is 27.3 Å². The van der Waals surface area contributed by atoms with Crippen molar-refractivity contribution in [2.45, 2.75) is 31.9 Å². The fourth-order valence-corrected chi connectivity index (χ4v) is 3.46. The van der Waals surface area contributed by atoms with Gasteiger partial charge in [-0.05, 0) is 31.1 Å². The molecule has 0 radical (unpaired) electrons. The molecular weight excluding hydrogens is 358 g/mol. The molecule has 0 spiro atoms. The number of nitrogens with zero attached hydrogens (tertiary/aromatic N) is 1. The Kier molecular flexibility index (Phi) is 4.64. The van der Waals surface area contributed by atoms with Crippen LogP contribution in [0.3, 0.4) is 0 Å². The summed E-state index contributed by atoms with van der Waals surface area (Å²) in [7, 11) is 0. The maximum Gasteiger partial charge on any atom is 0.262 e. The van der Waals surface area contributed by atoms with Crippen molar-refractivity contribution in [3.63, 3.8) is 0 Å². The standard InChI is InChI=1S/C17H19N3O5S/c21-15(18-8-10-2-1-5-23-10)3-4-20-16(22)11-6-13-14(25-9-24-13)7-12(11)19-17(20)26/h6-7,10H,1-5,8-9H2,(H,18,21)(H,19,26)/t10-/m1/s1. The Morgan fingerprint density at radius 2 is 2.15 bits per heavy atom. The van der Waals surface area contributed by atoms with E-state index in [4.69, 9.17) is 26.4 Å². The topological polar surface area (TPSA) is 94.6 Å². The monoisotopic (exact) mass is 377 g/mol. The van der Waals surface area contributed by atoms with Gasteiger partial charge in [0.25, 0.3) is 5.56 Å². The van der Waals surface area contributed by atoms with Gasteiger partial charge in [0, 0.05) is 32.2 Å². The number of carbonyl (C=O) groups is 1. The predicted molar refractivity (Wildman–Crippen MR) is 96.1 cm³/mol. The summed E-state index contributed by atoms with van der Waals surface area (Å²) in [5.41, 5.74) is 0.331. The molecule has 1 aromatic heterocycles. The molecule has 2 N–H and O–H groups in total. The highest BCUT2D eigenvalue weighted by Crippen LogP contribution is 2.34. The predicted octanol–water partition coefficient (Wildman–Crippen LogP) is 1.47. The summed E-state index contributed by atoms with van der Waals surface area (Å²) in [5, 5.41) is 3.29. The number of hydrogen-bond donors (Lipinski definition) is 2. The van der Waals surface area contributed by atoms with Crippen LogP contribution >= 0.6 is 12.2 Å². The van der Waals surface area contributed by atoms with Gasteiger partial charge in [-0.15, -0.1) is 0 Å². The normalized spacial score (nSPS) is 18.4. The van der Waals surface area contributed by atoms with Gasteiger partial charge in [-0.2, -0.15) is 0 Å². The highest BCUT2D eigenvalue weighted by atomic mass is 32.1. The summed E-state index contributed by atoms with van der Waals surface area (Å²) in [6, 6.07) is 3.34. The quantitative estimate of drug-likeness (QED) is 0.767. The van der Waals surface area contributed by atoms with Gasteiger partial charge in [0.15, 0.2) is 16.3 Å². The van der Waals surface area contributed by atoms with E-state index in [0.717, 1.165) is 19.4 Å². The lowest BCUT2D eigenvalue weighted by Crippen LogP contribution is -2.33. The summed E-state index contributed by atoms with van der Waals surface area (Å²) in [6.45, 7) is 1.59. The first-order chi connectivity index (χ1) is 12.6. The van der Waals surface area contributed by atoms with Gasteiger partial charge < -0.3 is 24.5 Å². The number of amides is 1. The molecule has 2 aromatic rings. The summed E-state index contributed by atoms with van der Waals surface area (Å²) in [6.07, 6.45) is 2.25. The maximum atomic E-state index is 12.8. The summed E-state index contributed by atoms with van der Waals surface area (Å²) in [5.74, 6) is 0.974. The molecule has 1 saturated heterocycles. The van der Waals surface area contributed by atoms with Crippen molar-refractivity contribution < 1.29 is 19.0 Å². The van der Waals surface area contributed by atoms with Gasteiger partial charge in [0.05, 0.1) is 17.0 Å². The molecule has 1 aromatic carbocycles. The molecule has 26 heavy (non-hydrogen) atoms. The Balaban J connectivity index is 1.49. The van der Waals surface area contributed by atoms with E-state index in [2.05, 4.69) is 10.3 Å². The first kappa shape index (κ1) is 17.0. The van der Waals surface area contributed by atoms with Crippen LogP contribution in [-0.4, -0.2) is 41.5 Å². The van der Waals surface area contributed by atoms with Crippen LogP contribution in [0.2, 0.25) is 0 Å². The van der Waals surface area contributed by atoms with Crippen LogP contribution in [0.15, 0.2) is 16.9 Å². The van der Waals surface area contributed by atoms with Gasteiger partial charge in [0.2, 0.25) is 12.7 Å². The lowest BCUT2D eigenvalue weighted by atomic mass is 10.2. The van der Waals surface area contributed by atoms with E-state index in [9.17, 15) is 9.59 Å². The molecule has 9 heteroatoms. The summed E-state index contributed by atoms with van der Waals surface area (Å²) < 4.78 is 17.8. The molecule has 0 saturated carbocycles. The van der Waals surface area contributed by atoms with Crippen LogP contribution in [-0.2, 0) is 16.1 Å². The van der Waals surface area contributed by atoms with Gasteiger partial charge in [-0.25, -0.2) is 0 Å². The lowest BCUT2D eigenvalue weighted by molar-refractivity contribution is -0.121. The highest BCUT2D eigenvalue weighted by Gasteiger charge is 2.18. The zero-order chi connectivity index (χ0) is 18.1. The Bertz CT molecular complexity index is 961.